The molecule has 0 aromatic rings. The van der Waals surface area contributed by atoms with Gasteiger partial charge in [0.25, 0.3) is 5.79 Å². The second-order valence-electron chi connectivity index (χ2n) is 6.95. The fourth-order valence-electron chi connectivity index (χ4n) is 3.56. The second kappa shape index (κ2) is 7.83. The van der Waals surface area contributed by atoms with Crippen LogP contribution < -0.4 is 0 Å². The number of hydrogen-bond donors (Lipinski definition) is 7. The first-order valence-electron chi connectivity index (χ1n) is 8.52. The molecule has 7 N–H and O–H groups in total. The molecule has 10 atom stereocenters. The van der Waals surface area contributed by atoms with Crippen molar-refractivity contribution in [2.75, 3.05) is 20.3 Å². The average molecular weight is 395 g/mol. The van der Waals surface area contributed by atoms with Crippen LogP contribution in [0.3, 0.4) is 0 Å². The Labute approximate surface area is 154 Å². The van der Waals surface area contributed by atoms with E-state index < -0.39 is 67.3 Å². The van der Waals surface area contributed by atoms with Gasteiger partial charge in [0.15, 0.2) is 6.10 Å². The van der Waals surface area contributed by atoms with E-state index in [2.05, 4.69) is 5.16 Å². The summed E-state index contributed by atoms with van der Waals surface area (Å²) in [4.78, 5) is 5.18. The monoisotopic (exact) mass is 395 g/mol. The Morgan fingerprint density at radius 2 is 1.67 bits per heavy atom. The van der Waals surface area contributed by atoms with E-state index in [9.17, 15) is 35.7 Å². The van der Waals surface area contributed by atoms with Crippen LogP contribution in [0.5, 0.6) is 0 Å². The minimum absolute atomic E-state index is 0.0499. The van der Waals surface area contributed by atoms with Gasteiger partial charge in [0.1, 0.15) is 48.8 Å². The molecule has 12 heteroatoms. The summed E-state index contributed by atoms with van der Waals surface area (Å²) in [5, 5.41) is 73.5. The highest BCUT2D eigenvalue weighted by Gasteiger charge is 2.60. The predicted molar refractivity (Wildman–Crippen MR) is 84.4 cm³/mol. The Hall–Kier alpha value is -0.930. The quantitative estimate of drug-likeness (QED) is 0.242. The van der Waals surface area contributed by atoms with Crippen LogP contribution in [0, 0.1) is 0 Å². The van der Waals surface area contributed by atoms with Gasteiger partial charge < -0.3 is 54.8 Å². The lowest BCUT2D eigenvalue weighted by atomic mass is 9.86. The summed E-state index contributed by atoms with van der Waals surface area (Å²) in [6.45, 7) is -0.702. The number of methoxy groups -OCH3 is 1. The standard InChI is InChI=1S/C15H25NO11/c1-24-4-7-9(19)10(20)11(21)13(25-7)5-2-15(27-16-5)14(23)12(22)8(18)6(3-17)26-15/h6-14,17-23H,2-4H2,1H3/t6-,7-,8-,9+,10-,11+,12+,13-,14-,15-/m1/s1. The normalized spacial score (nSPS) is 50.5. The van der Waals surface area contributed by atoms with E-state index in [4.69, 9.17) is 19.0 Å². The largest absolute Gasteiger partial charge is 0.394 e. The molecule has 3 aliphatic heterocycles. The Balaban J connectivity index is 1.78. The highest BCUT2D eigenvalue weighted by Crippen LogP contribution is 2.39. The molecule has 27 heavy (non-hydrogen) atoms. The summed E-state index contributed by atoms with van der Waals surface area (Å²) in [5.74, 6) is -1.90. The maximum atomic E-state index is 10.3. The lowest BCUT2D eigenvalue weighted by molar-refractivity contribution is -0.355. The van der Waals surface area contributed by atoms with Gasteiger partial charge in [0, 0.05) is 7.11 Å². The molecule has 12 nitrogen and oxygen atoms in total. The summed E-state index contributed by atoms with van der Waals surface area (Å²) >= 11 is 0. The molecule has 0 amide bonds. The number of aliphatic hydroxyl groups excluding tert-OH is 7. The first-order valence-corrected chi connectivity index (χ1v) is 8.52. The van der Waals surface area contributed by atoms with Gasteiger partial charge >= 0.3 is 0 Å². The van der Waals surface area contributed by atoms with E-state index in [0.29, 0.717) is 0 Å². The van der Waals surface area contributed by atoms with E-state index >= 15 is 0 Å². The van der Waals surface area contributed by atoms with Crippen LogP contribution in [0.15, 0.2) is 5.16 Å². The molecule has 0 aromatic carbocycles. The maximum Gasteiger partial charge on any atom is 0.271 e. The van der Waals surface area contributed by atoms with Crippen molar-refractivity contribution in [1.82, 2.24) is 0 Å². The summed E-state index contributed by atoms with van der Waals surface area (Å²) in [6, 6.07) is 0. The van der Waals surface area contributed by atoms with Crippen molar-refractivity contribution in [1.29, 1.82) is 0 Å². The van der Waals surface area contributed by atoms with Crippen LogP contribution >= 0.6 is 0 Å². The molecule has 2 fully saturated rings. The highest BCUT2D eigenvalue weighted by molar-refractivity contribution is 5.91. The smallest absolute Gasteiger partial charge is 0.271 e. The molecular formula is C15H25NO11. The Morgan fingerprint density at radius 3 is 2.30 bits per heavy atom. The summed E-state index contributed by atoms with van der Waals surface area (Å²) in [6.07, 6.45) is -13.1. The van der Waals surface area contributed by atoms with Crippen molar-refractivity contribution < 1.29 is 54.8 Å². The van der Waals surface area contributed by atoms with Crippen molar-refractivity contribution >= 4 is 5.71 Å². The molecule has 3 aliphatic rings. The molecule has 0 aromatic heterocycles. The number of nitrogens with zero attached hydrogens (tertiary/aromatic N) is 1. The fraction of sp³-hybridized carbons (Fsp3) is 0.933. The van der Waals surface area contributed by atoms with E-state index in [-0.39, 0.29) is 18.7 Å². The molecular weight excluding hydrogens is 370 g/mol. The molecule has 3 heterocycles. The minimum Gasteiger partial charge on any atom is -0.394 e. The molecule has 2 saturated heterocycles. The molecule has 0 radical (unpaired) electrons. The first-order chi connectivity index (χ1) is 12.8. The van der Waals surface area contributed by atoms with Crippen LogP contribution in [-0.4, -0.2) is 123 Å². The van der Waals surface area contributed by atoms with Crippen molar-refractivity contribution in [3.8, 4) is 0 Å². The zero-order valence-corrected chi connectivity index (χ0v) is 14.5. The predicted octanol–water partition coefficient (Wildman–Crippen LogP) is -4.57. The third-order valence-electron chi connectivity index (χ3n) is 5.15. The summed E-state index contributed by atoms with van der Waals surface area (Å²) < 4.78 is 15.9. The first kappa shape index (κ1) is 20.8. The zero-order valence-electron chi connectivity index (χ0n) is 14.5. The van der Waals surface area contributed by atoms with E-state index in [1.807, 2.05) is 0 Å². The molecule has 0 aliphatic carbocycles. The highest BCUT2D eigenvalue weighted by atomic mass is 16.8. The van der Waals surface area contributed by atoms with E-state index in [0.717, 1.165) is 0 Å². The van der Waals surface area contributed by atoms with Crippen LogP contribution in [0.1, 0.15) is 6.42 Å². The summed E-state index contributed by atoms with van der Waals surface area (Å²) in [5.41, 5.74) is 0.0499. The Kier molecular flexibility index (Phi) is 6.03. The number of aliphatic hydroxyl groups is 7. The summed E-state index contributed by atoms with van der Waals surface area (Å²) in [7, 11) is 1.38. The van der Waals surface area contributed by atoms with Crippen LogP contribution in [-0.2, 0) is 19.0 Å². The van der Waals surface area contributed by atoms with Crippen LogP contribution in [0.4, 0.5) is 0 Å². The van der Waals surface area contributed by atoms with E-state index in [1.54, 1.807) is 0 Å². The number of rotatable bonds is 4. The molecule has 3 rings (SSSR count). The van der Waals surface area contributed by atoms with Crippen LogP contribution in [0.2, 0.25) is 0 Å². The minimum atomic E-state index is -1.90. The fourth-order valence-corrected chi connectivity index (χ4v) is 3.56. The van der Waals surface area contributed by atoms with Crippen molar-refractivity contribution in [2.45, 2.75) is 67.1 Å². The molecule has 0 bridgehead atoms. The van der Waals surface area contributed by atoms with Gasteiger partial charge in [-0.3, -0.25) is 0 Å². The maximum absolute atomic E-state index is 10.3. The van der Waals surface area contributed by atoms with Crippen molar-refractivity contribution in [2.24, 2.45) is 5.16 Å². The third-order valence-corrected chi connectivity index (χ3v) is 5.15. The van der Waals surface area contributed by atoms with Crippen molar-refractivity contribution in [3.63, 3.8) is 0 Å². The van der Waals surface area contributed by atoms with Gasteiger partial charge in [-0.2, -0.15) is 0 Å². The molecule has 0 saturated carbocycles. The molecule has 156 valence electrons. The number of ether oxygens (including phenoxy) is 3. The lowest BCUT2D eigenvalue weighted by Crippen LogP contribution is -2.66. The van der Waals surface area contributed by atoms with Gasteiger partial charge in [-0.15, -0.1) is 0 Å². The topological polar surface area (TPSA) is 191 Å². The number of hydrogen-bond acceptors (Lipinski definition) is 12. The van der Waals surface area contributed by atoms with Gasteiger partial charge in [0.05, 0.1) is 25.3 Å². The van der Waals surface area contributed by atoms with Gasteiger partial charge in [-0.25, -0.2) is 0 Å². The lowest BCUT2D eigenvalue weighted by Gasteiger charge is -2.44. The Bertz CT molecular complexity index is 560. The molecule has 1 spiro atoms. The third kappa shape index (κ3) is 3.46. The molecule has 0 unspecified atom stereocenters. The average Bonchev–Trinajstić information content (AvgIpc) is 3.08. The van der Waals surface area contributed by atoms with E-state index in [1.165, 1.54) is 7.11 Å². The second-order valence-corrected chi connectivity index (χ2v) is 6.95. The Morgan fingerprint density at radius 1 is 1.00 bits per heavy atom. The van der Waals surface area contributed by atoms with Crippen molar-refractivity contribution in [3.05, 3.63) is 0 Å². The zero-order chi connectivity index (χ0) is 19.9. The van der Waals surface area contributed by atoms with Gasteiger partial charge in [-0.1, -0.05) is 5.16 Å². The van der Waals surface area contributed by atoms with Gasteiger partial charge in [0.2, 0.25) is 0 Å². The van der Waals surface area contributed by atoms with Crippen LogP contribution in [0.25, 0.3) is 0 Å². The number of oxime groups is 1. The SMILES string of the molecule is COC[C@H]1O[C@H](C2=NO[C@@]3(C2)O[C@H](CO)[C@@H](O)[C@H](O)[C@H]3O)[C@@H](O)[C@H](O)[C@H]1O. The van der Waals surface area contributed by atoms with Gasteiger partial charge in [-0.05, 0) is 0 Å².